The minimum atomic E-state index is -4.41. The fraction of sp³-hybridized carbons (Fsp3) is 0.286. The molecule has 0 saturated carbocycles. The summed E-state index contributed by atoms with van der Waals surface area (Å²) in [5, 5.41) is 11.0. The molecule has 0 aromatic heterocycles. The van der Waals surface area contributed by atoms with Gasteiger partial charge in [-0.25, -0.2) is 0 Å². The molecule has 0 unspecified atom stereocenters. The van der Waals surface area contributed by atoms with Gasteiger partial charge in [-0.1, -0.05) is 36.4 Å². The van der Waals surface area contributed by atoms with E-state index < -0.39 is 18.9 Å². The Morgan fingerprint density at radius 2 is 1.84 bits per heavy atom. The van der Waals surface area contributed by atoms with Gasteiger partial charge in [0.25, 0.3) is 0 Å². The van der Waals surface area contributed by atoms with Crippen molar-refractivity contribution in [3.05, 3.63) is 42.0 Å². The maximum Gasteiger partial charge on any atom is 0.422 e. The van der Waals surface area contributed by atoms with E-state index in [4.69, 9.17) is 4.74 Å². The quantitative estimate of drug-likeness (QED) is 0.918. The number of alkyl halides is 3. The molecule has 1 atom stereocenters. The zero-order chi connectivity index (χ0) is 14.0. The molecule has 2 nitrogen and oxygen atoms in total. The summed E-state index contributed by atoms with van der Waals surface area (Å²) in [7, 11) is 0. The highest BCUT2D eigenvalue weighted by Gasteiger charge is 2.29. The van der Waals surface area contributed by atoms with Crippen LogP contribution in [0.3, 0.4) is 0 Å². The molecule has 0 amide bonds. The Hall–Kier alpha value is -1.75. The number of rotatable bonds is 3. The highest BCUT2D eigenvalue weighted by Crippen LogP contribution is 2.34. The predicted molar refractivity (Wildman–Crippen MR) is 66.1 cm³/mol. The first kappa shape index (κ1) is 13.7. The molecule has 0 saturated heterocycles. The van der Waals surface area contributed by atoms with Crippen LogP contribution >= 0.6 is 0 Å². The van der Waals surface area contributed by atoms with E-state index in [0.717, 1.165) is 5.39 Å². The Morgan fingerprint density at radius 3 is 2.47 bits per heavy atom. The molecule has 0 bridgehead atoms. The van der Waals surface area contributed by atoms with Crippen molar-refractivity contribution in [2.75, 3.05) is 6.61 Å². The van der Waals surface area contributed by atoms with Gasteiger partial charge >= 0.3 is 6.18 Å². The number of ether oxygens (including phenoxy) is 1. The maximum absolute atomic E-state index is 12.3. The van der Waals surface area contributed by atoms with Crippen molar-refractivity contribution >= 4 is 10.8 Å². The van der Waals surface area contributed by atoms with Crippen LogP contribution in [0.4, 0.5) is 13.2 Å². The minimum Gasteiger partial charge on any atom is -0.483 e. The molecule has 0 aliphatic rings. The van der Waals surface area contributed by atoms with Crippen LogP contribution in [-0.2, 0) is 0 Å². The summed E-state index contributed by atoms with van der Waals surface area (Å²) in [5.41, 5.74) is 0.350. The summed E-state index contributed by atoms with van der Waals surface area (Å²) in [6.45, 7) is 0.116. The number of benzene rings is 2. The number of hydrogen-bond donors (Lipinski definition) is 1. The molecular weight excluding hydrogens is 257 g/mol. The first-order valence-electron chi connectivity index (χ1n) is 5.78. The molecule has 0 aliphatic heterocycles. The van der Waals surface area contributed by atoms with Crippen LogP contribution in [0, 0.1) is 0 Å². The standard InChI is InChI=1S/C14H13F3O2/c1-9(18)11-7-6-10-4-2-3-5-12(10)13(11)19-8-14(15,16)17/h2-7,9,18H,8H2,1H3/t9-/m0/s1. The molecule has 102 valence electrons. The summed E-state index contributed by atoms with van der Waals surface area (Å²) in [6.07, 6.45) is -5.31. The summed E-state index contributed by atoms with van der Waals surface area (Å²) >= 11 is 0. The van der Waals surface area contributed by atoms with E-state index in [1.165, 1.54) is 6.92 Å². The van der Waals surface area contributed by atoms with E-state index in [2.05, 4.69) is 0 Å². The van der Waals surface area contributed by atoms with Crippen molar-refractivity contribution in [3.8, 4) is 5.75 Å². The maximum atomic E-state index is 12.3. The molecule has 2 aromatic carbocycles. The monoisotopic (exact) mass is 270 g/mol. The van der Waals surface area contributed by atoms with Crippen LogP contribution in [-0.4, -0.2) is 17.9 Å². The molecule has 2 aromatic rings. The molecule has 0 fully saturated rings. The second-order valence-corrected chi connectivity index (χ2v) is 4.28. The van der Waals surface area contributed by atoms with Gasteiger partial charge < -0.3 is 9.84 Å². The number of hydrogen-bond acceptors (Lipinski definition) is 2. The lowest BCUT2D eigenvalue weighted by molar-refractivity contribution is -0.153. The molecule has 1 N–H and O–H groups in total. The first-order chi connectivity index (χ1) is 8.88. The van der Waals surface area contributed by atoms with E-state index in [1.807, 2.05) is 0 Å². The number of fused-ring (bicyclic) bond motifs is 1. The molecule has 2 rings (SSSR count). The molecule has 0 heterocycles. The zero-order valence-electron chi connectivity index (χ0n) is 10.2. The fourth-order valence-electron chi connectivity index (χ4n) is 1.90. The molecule has 0 spiro atoms. The van der Waals surface area contributed by atoms with E-state index in [0.29, 0.717) is 10.9 Å². The molecule has 0 aliphatic carbocycles. The Kier molecular flexibility index (Phi) is 3.66. The van der Waals surface area contributed by atoms with E-state index in [9.17, 15) is 18.3 Å². The van der Waals surface area contributed by atoms with Gasteiger partial charge in [0.15, 0.2) is 6.61 Å². The molecular formula is C14H13F3O2. The van der Waals surface area contributed by atoms with E-state index in [1.54, 1.807) is 36.4 Å². The summed E-state index contributed by atoms with van der Waals surface area (Å²) < 4.78 is 41.8. The van der Waals surface area contributed by atoms with Crippen LogP contribution in [0.15, 0.2) is 36.4 Å². The number of halogens is 3. The van der Waals surface area contributed by atoms with Gasteiger partial charge in [-0.15, -0.1) is 0 Å². The third kappa shape index (κ3) is 3.17. The Morgan fingerprint density at radius 1 is 1.16 bits per heavy atom. The number of aliphatic hydroxyl groups is 1. The van der Waals surface area contributed by atoms with Crippen molar-refractivity contribution in [1.29, 1.82) is 0 Å². The van der Waals surface area contributed by atoms with Crippen LogP contribution in [0.1, 0.15) is 18.6 Å². The third-order valence-electron chi connectivity index (χ3n) is 2.74. The van der Waals surface area contributed by atoms with Gasteiger partial charge in [0, 0.05) is 10.9 Å². The molecule has 5 heteroatoms. The van der Waals surface area contributed by atoms with Gasteiger partial charge in [-0.05, 0) is 12.3 Å². The van der Waals surface area contributed by atoms with Gasteiger partial charge in [0.1, 0.15) is 5.75 Å². The van der Waals surface area contributed by atoms with Gasteiger partial charge in [0.2, 0.25) is 0 Å². The van der Waals surface area contributed by atoms with Crippen molar-refractivity contribution in [1.82, 2.24) is 0 Å². The number of aliphatic hydroxyl groups excluding tert-OH is 1. The lowest BCUT2D eigenvalue weighted by atomic mass is 10.0. The smallest absolute Gasteiger partial charge is 0.422 e. The Labute approximate surface area is 108 Å². The van der Waals surface area contributed by atoms with Crippen molar-refractivity contribution in [3.63, 3.8) is 0 Å². The van der Waals surface area contributed by atoms with E-state index in [-0.39, 0.29) is 5.75 Å². The molecule has 0 radical (unpaired) electrons. The van der Waals surface area contributed by atoms with Crippen molar-refractivity contribution in [2.24, 2.45) is 0 Å². The lowest BCUT2D eigenvalue weighted by Crippen LogP contribution is -2.20. The summed E-state index contributed by atoms with van der Waals surface area (Å²) in [6, 6.07) is 10.3. The van der Waals surface area contributed by atoms with Crippen LogP contribution in [0.5, 0.6) is 5.75 Å². The SMILES string of the molecule is C[C@H](O)c1ccc2ccccc2c1OCC(F)(F)F. The van der Waals surface area contributed by atoms with Crippen LogP contribution < -0.4 is 4.74 Å². The topological polar surface area (TPSA) is 29.5 Å². The second-order valence-electron chi connectivity index (χ2n) is 4.28. The highest BCUT2D eigenvalue weighted by molar-refractivity contribution is 5.89. The van der Waals surface area contributed by atoms with Crippen molar-refractivity contribution < 1.29 is 23.0 Å². The largest absolute Gasteiger partial charge is 0.483 e. The summed E-state index contributed by atoms with van der Waals surface area (Å²) in [4.78, 5) is 0. The Balaban J connectivity index is 2.50. The molecule has 19 heavy (non-hydrogen) atoms. The fourth-order valence-corrected chi connectivity index (χ4v) is 1.90. The van der Waals surface area contributed by atoms with Crippen molar-refractivity contribution in [2.45, 2.75) is 19.2 Å². The van der Waals surface area contributed by atoms with Crippen LogP contribution in [0.25, 0.3) is 10.8 Å². The second kappa shape index (κ2) is 5.09. The summed E-state index contributed by atoms with van der Waals surface area (Å²) in [5.74, 6) is 0.0884. The minimum absolute atomic E-state index is 0.0884. The average molecular weight is 270 g/mol. The van der Waals surface area contributed by atoms with Gasteiger partial charge in [-0.3, -0.25) is 0 Å². The highest BCUT2D eigenvalue weighted by atomic mass is 19.4. The third-order valence-corrected chi connectivity index (χ3v) is 2.74. The van der Waals surface area contributed by atoms with E-state index >= 15 is 0 Å². The lowest BCUT2D eigenvalue weighted by Gasteiger charge is -2.17. The zero-order valence-corrected chi connectivity index (χ0v) is 10.2. The average Bonchev–Trinajstić information content (AvgIpc) is 2.34. The normalized spacial score (nSPS) is 13.5. The Bertz CT molecular complexity index is 576. The van der Waals surface area contributed by atoms with Gasteiger partial charge in [-0.2, -0.15) is 13.2 Å². The first-order valence-corrected chi connectivity index (χ1v) is 5.78. The predicted octanol–water partition coefficient (Wildman–Crippen LogP) is 3.83. The van der Waals surface area contributed by atoms with Crippen LogP contribution in [0.2, 0.25) is 0 Å². The van der Waals surface area contributed by atoms with Gasteiger partial charge in [0.05, 0.1) is 6.10 Å².